The smallest absolute Gasteiger partial charge is 0.231 e. The van der Waals surface area contributed by atoms with Crippen molar-refractivity contribution in [1.82, 2.24) is 35.6 Å². The first-order valence-corrected chi connectivity index (χ1v) is 6.85. The lowest BCUT2D eigenvalue weighted by atomic mass is 10.1. The maximum Gasteiger partial charge on any atom is 0.231 e. The highest BCUT2D eigenvalue weighted by molar-refractivity contribution is 6.33. The molecular formula is C12H10ClN7O2. The van der Waals surface area contributed by atoms with Crippen molar-refractivity contribution in [3.63, 3.8) is 0 Å². The second-order valence-electron chi connectivity index (χ2n) is 4.72. The van der Waals surface area contributed by atoms with Crippen LogP contribution in [0.2, 0.25) is 5.02 Å². The maximum atomic E-state index is 6.28. The molecule has 3 heterocycles. The zero-order chi connectivity index (χ0) is 15.1. The number of halogens is 1. The van der Waals surface area contributed by atoms with Gasteiger partial charge in [0.25, 0.3) is 0 Å². The van der Waals surface area contributed by atoms with E-state index in [1.165, 1.54) is 0 Å². The summed E-state index contributed by atoms with van der Waals surface area (Å²) >= 11 is 6.28. The lowest BCUT2D eigenvalue weighted by molar-refractivity contribution is 0.174. The Hall–Kier alpha value is -2.68. The summed E-state index contributed by atoms with van der Waals surface area (Å²) in [7, 11) is 0. The van der Waals surface area contributed by atoms with Gasteiger partial charge in [-0.05, 0) is 13.0 Å². The van der Waals surface area contributed by atoms with E-state index in [0.717, 1.165) is 5.56 Å². The molecule has 0 fully saturated rings. The molecule has 1 atom stereocenters. The van der Waals surface area contributed by atoms with E-state index in [1.54, 1.807) is 23.0 Å². The largest absolute Gasteiger partial charge is 0.454 e. The molecule has 0 spiro atoms. The first-order chi connectivity index (χ1) is 10.7. The number of benzene rings is 1. The van der Waals surface area contributed by atoms with Gasteiger partial charge in [-0.1, -0.05) is 22.0 Å². The van der Waals surface area contributed by atoms with Crippen molar-refractivity contribution < 1.29 is 9.47 Å². The monoisotopic (exact) mass is 319 g/mol. The van der Waals surface area contributed by atoms with Gasteiger partial charge in [0.05, 0.1) is 11.2 Å². The highest BCUT2D eigenvalue weighted by Gasteiger charge is 2.20. The fourth-order valence-electron chi connectivity index (χ4n) is 2.17. The van der Waals surface area contributed by atoms with Crippen molar-refractivity contribution in [3.05, 3.63) is 29.2 Å². The van der Waals surface area contributed by atoms with E-state index in [1.807, 2.05) is 6.92 Å². The van der Waals surface area contributed by atoms with Crippen LogP contribution in [0.15, 0.2) is 18.3 Å². The average molecular weight is 320 g/mol. The second kappa shape index (κ2) is 4.95. The van der Waals surface area contributed by atoms with Crippen molar-refractivity contribution in [2.75, 3.05) is 6.79 Å². The number of H-pyrrole nitrogens is 1. The molecule has 0 amide bonds. The minimum Gasteiger partial charge on any atom is -0.454 e. The summed E-state index contributed by atoms with van der Waals surface area (Å²) in [6.07, 6.45) is 1.77. The molecule has 9 nitrogen and oxygen atoms in total. The van der Waals surface area contributed by atoms with Crippen molar-refractivity contribution >= 4 is 11.6 Å². The van der Waals surface area contributed by atoms with Gasteiger partial charge in [0.15, 0.2) is 17.3 Å². The quantitative estimate of drug-likeness (QED) is 0.779. The Balaban J connectivity index is 1.70. The Labute approximate surface area is 129 Å². The van der Waals surface area contributed by atoms with Crippen LogP contribution >= 0.6 is 11.6 Å². The molecule has 0 aliphatic carbocycles. The van der Waals surface area contributed by atoms with Gasteiger partial charge in [0.2, 0.25) is 6.79 Å². The molecule has 3 aromatic rings. The van der Waals surface area contributed by atoms with E-state index in [2.05, 4.69) is 30.9 Å². The molecule has 0 bridgehead atoms. The topological polar surface area (TPSA) is 104 Å². The number of hydrogen-bond donors (Lipinski definition) is 1. The molecule has 1 aromatic carbocycles. The lowest BCUT2D eigenvalue weighted by Gasteiger charge is -2.05. The van der Waals surface area contributed by atoms with Crippen molar-refractivity contribution in [2.24, 2.45) is 0 Å². The van der Waals surface area contributed by atoms with Gasteiger partial charge in [0.1, 0.15) is 11.7 Å². The minimum atomic E-state index is -0.201. The van der Waals surface area contributed by atoms with Crippen LogP contribution < -0.4 is 9.47 Å². The van der Waals surface area contributed by atoms with Crippen LogP contribution in [0, 0.1) is 0 Å². The average Bonchev–Trinajstić information content (AvgIpc) is 3.26. The fraction of sp³-hybridized carbons (Fsp3) is 0.250. The number of hydrogen-bond acceptors (Lipinski definition) is 7. The molecule has 0 unspecified atom stereocenters. The molecule has 1 aliphatic rings. The number of aromatic amines is 1. The normalized spacial score (nSPS) is 14.3. The van der Waals surface area contributed by atoms with E-state index in [4.69, 9.17) is 21.1 Å². The molecule has 0 radical (unpaired) electrons. The number of tetrazole rings is 1. The van der Waals surface area contributed by atoms with Gasteiger partial charge in [-0.25, -0.2) is 4.68 Å². The third-order valence-corrected chi connectivity index (χ3v) is 3.69. The van der Waals surface area contributed by atoms with Crippen molar-refractivity contribution in [3.8, 4) is 22.8 Å². The Morgan fingerprint density at radius 3 is 2.86 bits per heavy atom. The van der Waals surface area contributed by atoms with Gasteiger partial charge in [0, 0.05) is 11.6 Å². The Bertz CT molecular complexity index is 817. The first kappa shape index (κ1) is 13.0. The molecule has 22 heavy (non-hydrogen) atoms. The Morgan fingerprint density at radius 2 is 2.09 bits per heavy atom. The second-order valence-corrected chi connectivity index (χ2v) is 5.12. The number of fused-ring (bicyclic) bond motifs is 1. The van der Waals surface area contributed by atoms with Crippen LogP contribution in [0.4, 0.5) is 0 Å². The molecule has 112 valence electrons. The van der Waals surface area contributed by atoms with Crippen LogP contribution in [0.1, 0.15) is 18.8 Å². The number of ether oxygens (including phenoxy) is 2. The third kappa shape index (κ3) is 2.06. The molecule has 10 heteroatoms. The van der Waals surface area contributed by atoms with Gasteiger partial charge in [-0.15, -0.1) is 15.3 Å². The molecule has 4 rings (SSSR count). The van der Waals surface area contributed by atoms with Crippen LogP contribution in [-0.2, 0) is 0 Å². The summed E-state index contributed by atoms with van der Waals surface area (Å²) in [5, 5.41) is 22.6. The van der Waals surface area contributed by atoms with Gasteiger partial charge in [-0.3, -0.25) is 0 Å². The Morgan fingerprint density at radius 1 is 1.27 bits per heavy atom. The molecular weight excluding hydrogens is 310 g/mol. The minimum absolute atomic E-state index is 0.191. The van der Waals surface area contributed by atoms with Crippen LogP contribution in [0.25, 0.3) is 11.3 Å². The molecule has 1 aliphatic heterocycles. The number of nitrogens with zero attached hydrogens (tertiary/aromatic N) is 6. The molecule has 0 saturated carbocycles. The zero-order valence-electron chi connectivity index (χ0n) is 11.4. The number of aromatic nitrogens is 7. The first-order valence-electron chi connectivity index (χ1n) is 6.47. The fourth-order valence-corrected chi connectivity index (χ4v) is 2.42. The maximum absolute atomic E-state index is 6.28. The number of rotatable bonds is 3. The predicted molar refractivity (Wildman–Crippen MR) is 74.6 cm³/mol. The van der Waals surface area contributed by atoms with E-state index >= 15 is 0 Å². The van der Waals surface area contributed by atoms with Crippen molar-refractivity contribution in [2.45, 2.75) is 13.0 Å². The summed E-state index contributed by atoms with van der Waals surface area (Å²) in [4.78, 5) is 0. The molecule has 2 aromatic heterocycles. The molecule has 0 saturated heterocycles. The van der Waals surface area contributed by atoms with E-state index < -0.39 is 0 Å². The standard InChI is InChI=1S/C12H10ClN7O2/c1-6(12-15-17-18-16-12)20-4-9(14-19-20)7-2-10-11(3-8(7)13)22-5-21-10/h2-4,6H,5H2,1H3,(H,15,16,17,18)/t6-/m0/s1. The summed E-state index contributed by atoms with van der Waals surface area (Å²) in [5.74, 6) is 1.79. The van der Waals surface area contributed by atoms with Gasteiger partial charge < -0.3 is 9.47 Å². The summed E-state index contributed by atoms with van der Waals surface area (Å²) in [5.41, 5.74) is 1.34. The third-order valence-electron chi connectivity index (χ3n) is 3.38. The summed E-state index contributed by atoms with van der Waals surface area (Å²) in [6.45, 7) is 2.08. The zero-order valence-corrected chi connectivity index (χ0v) is 12.2. The van der Waals surface area contributed by atoms with E-state index in [-0.39, 0.29) is 12.8 Å². The van der Waals surface area contributed by atoms with Crippen molar-refractivity contribution in [1.29, 1.82) is 0 Å². The number of nitrogens with one attached hydrogen (secondary N) is 1. The summed E-state index contributed by atoms with van der Waals surface area (Å²) < 4.78 is 12.3. The van der Waals surface area contributed by atoms with Gasteiger partial charge >= 0.3 is 0 Å². The lowest BCUT2D eigenvalue weighted by Crippen LogP contribution is -2.09. The van der Waals surface area contributed by atoms with Crippen LogP contribution in [0.3, 0.4) is 0 Å². The van der Waals surface area contributed by atoms with E-state index in [0.29, 0.717) is 28.0 Å². The summed E-state index contributed by atoms with van der Waals surface area (Å²) in [6, 6.07) is 3.30. The molecule has 1 N–H and O–H groups in total. The highest BCUT2D eigenvalue weighted by atomic mass is 35.5. The predicted octanol–water partition coefficient (Wildman–Crippen LogP) is 1.45. The highest BCUT2D eigenvalue weighted by Crippen LogP contribution is 2.40. The van der Waals surface area contributed by atoms with E-state index in [9.17, 15) is 0 Å². The van der Waals surface area contributed by atoms with Crippen LogP contribution in [0.5, 0.6) is 11.5 Å². The van der Waals surface area contributed by atoms with Gasteiger partial charge in [-0.2, -0.15) is 5.21 Å². The SMILES string of the molecule is C[C@@H](c1nn[nH]n1)n1cc(-c2cc3c(cc2Cl)OCO3)nn1. The van der Waals surface area contributed by atoms with Crippen LogP contribution in [-0.4, -0.2) is 42.4 Å². The Kier molecular flexibility index (Phi) is 2.93.